The number of nitrogens with two attached hydrogens (primary N) is 1. The second-order valence-electron chi connectivity index (χ2n) is 5.59. The number of aromatic nitrogens is 1. The van der Waals surface area contributed by atoms with Gasteiger partial charge in [0.1, 0.15) is 0 Å². The molecule has 5 heteroatoms. The van der Waals surface area contributed by atoms with E-state index in [-0.39, 0.29) is 5.41 Å². The molecule has 0 atom stereocenters. The molecule has 20 heavy (non-hydrogen) atoms. The van der Waals surface area contributed by atoms with E-state index in [9.17, 15) is 0 Å². The molecule has 2 rings (SSSR count). The summed E-state index contributed by atoms with van der Waals surface area (Å²) in [5.41, 5.74) is 8.29. The third-order valence-corrected chi connectivity index (χ3v) is 3.10. The Morgan fingerprint density at radius 1 is 1.10 bits per heavy atom. The summed E-state index contributed by atoms with van der Waals surface area (Å²) in [6.07, 6.45) is 0. The average Bonchev–Trinajstić information content (AvgIpc) is 2.79. The zero-order chi connectivity index (χ0) is 14.9. The Labute approximate surface area is 118 Å². The van der Waals surface area contributed by atoms with Crippen molar-refractivity contribution in [3.63, 3.8) is 0 Å². The molecule has 108 valence electrons. The van der Waals surface area contributed by atoms with Crippen molar-refractivity contribution in [3.05, 3.63) is 23.9 Å². The zero-order valence-corrected chi connectivity index (χ0v) is 12.5. The molecule has 0 aliphatic rings. The van der Waals surface area contributed by atoms with Gasteiger partial charge in [0.05, 0.1) is 25.5 Å². The molecule has 0 saturated heterocycles. The third kappa shape index (κ3) is 2.43. The number of ether oxygens (including phenoxy) is 2. The van der Waals surface area contributed by atoms with E-state index in [2.05, 4.69) is 25.9 Å². The highest BCUT2D eigenvalue weighted by Crippen LogP contribution is 2.39. The van der Waals surface area contributed by atoms with Crippen LogP contribution in [-0.2, 0) is 5.41 Å². The first-order valence-electron chi connectivity index (χ1n) is 6.36. The molecule has 0 bridgehead atoms. The van der Waals surface area contributed by atoms with Gasteiger partial charge in [-0.1, -0.05) is 32.0 Å². The summed E-state index contributed by atoms with van der Waals surface area (Å²) in [4.78, 5) is 0. The lowest BCUT2D eigenvalue weighted by Gasteiger charge is -2.17. The van der Waals surface area contributed by atoms with E-state index in [0.29, 0.717) is 17.4 Å². The largest absolute Gasteiger partial charge is 0.493 e. The molecule has 0 amide bonds. The number of rotatable bonds is 3. The van der Waals surface area contributed by atoms with Crippen LogP contribution in [0.1, 0.15) is 26.5 Å². The Hall–Kier alpha value is -2.17. The summed E-state index contributed by atoms with van der Waals surface area (Å²) in [6, 6.07) is 5.63. The van der Waals surface area contributed by atoms with Crippen LogP contribution in [0.5, 0.6) is 11.5 Å². The molecular weight excluding hydrogens is 256 g/mol. The average molecular weight is 276 g/mol. The van der Waals surface area contributed by atoms with Crippen molar-refractivity contribution in [3.8, 4) is 22.6 Å². The predicted octanol–water partition coefficient (Wildman–Crippen LogP) is 3.24. The van der Waals surface area contributed by atoms with E-state index in [4.69, 9.17) is 19.7 Å². The second kappa shape index (κ2) is 5.07. The summed E-state index contributed by atoms with van der Waals surface area (Å²) < 4.78 is 15.7. The van der Waals surface area contributed by atoms with Crippen LogP contribution in [0.2, 0.25) is 0 Å². The lowest BCUT2D eigenvalue weighted by Crippen LogP contribution is -2.13. The summed E-state index contributed by atoms with van der Waals surface area (Å²) in [5, 5.41) is 4.09. The fraction of sp³-hybridized carbons (Fsp3) is 0.400. The van der Waals surface area contributed by atoms with Crippen LogP contribution in [0, 0.1) is 0 Å². The molecule has 0 fully saturated rings. The molecule has 0 aliphatic heterocycles. The number of benzene rings is 1. The molecule has 0 saturated carbocycles. The van der Waals surface area contributed by atoms with Gasteiger partial charge < -0.3 is 19.7 Å². The molecule has 2 N–H and O–H groups in total. The monoisotopic (exact) mass is 276 g/mol. The molecule has 0 aliphatic carbocycles. The zero-order valence-electron chi connectivity index (χ0n) is 12.5. The standard InChI is InChI=1S/C15H20N2O3/c1-15(2,3)13-12(14(16)20-17-13)9-6-7-10(18-4)11(8-9)19-5/h6-8H,16H2,1-5H3. The van der Waals surface area contributed by atoms with E-state index >= 15 is 0 Å². The molecule has 2 aromatic rings. The molecule has 0 unspecified atom stereocenters. The minimum Gasteiger partial charge on any atom is -0.493 e. The Balaban J connectivity index is 2.60. The smallest absolute Gasteiger partial charge is 0.230 e. The van der Waals surface area contributed by atoms with Gasteiger partial charge in [-0.3, -0.25) is 0 Å². The normalized spacial score (nSPS) is 11.4. The van der Waals surface area contributed by atoms with Crippen LogP contribution < -0.4 is 15.2 Å². The number of methoxy groups -OCH3 is 2. The SMILES string of the molecule is COc1ccc(-c2c(C(C)(C)C)noc2N)cc1OC. The summed E-state index contributed by atoms with van der Waals surface area (Å²) in [7, 11) is 3.20. The third-order valence-electron chi connectivity index (χ3n) is 3.10. The van der Waals surface area contributed by atoms with Crippen molar-refractivity contribution in [1.29, 1.82) is 0 Å². The highest BCUT2D eigenvalue weighted by Gasteiger charge is 2.26. The van der Waals surface area contributed by atoms with Crippen molar-refractivity contribution in [2.45, 2.75) is 26.2 Å². The maximum atomic E-state index is 5.93. The van der Waals surface area contributed by atoms with Gasteiger partial charge >= 0.3 is 0 Å². The van der Waals surface area contributed by atoms with E-state index < -0.39 is 0 Å². The quantitative estimate of drug-likeness (QED) is 0.931. The first kappa shape index (κ1) is 14.2. The fourth-order valence-electron chi connectivity index (χ4n) is 2.09. The molecular formula is C15H20N2O3. The molecule has 1 aromatic carbocycles. The Morgan fingerprint density at radius 3 is 2.30 bits per heavy atom. The second-order valence-corrected chi connectivity index (χ2v) is 5.59. The topological polar surface area (TPSA) is 70.5 Å². The van der Waals surface area contributed by atoms with Crippen LogP contribution in [0.4, 0.5) is 5.88 Å². The first-order valence-corrected chi connectivity index (χ1v) is 6.36. The van der Waals surface area contributed by atoms with E-state index in [0.717, 1.165) is 16.8 Å². The number of hydrogen-bond donors (Lipinski definition) is 1. The molecule has 1 aromatic heterocycles. The van der Waals surface area contributed by atoms with Gasteiger partial charge in [0.25, 0.3) is 0 Å². The van der Waals surface area contributed by atoms with Crippen molar-refractivity contribution >= 4 is 5.88 Å². The Bertz CT molecular complexity index is 612. The lowest BCUT2D eigenvalue weighted by molar-refractivity contribution is 0.355. The van der Waals surface area contributed by atoms with Gasteiger partial charge in [0.2, 0.25) is 5.88 Å². The van der Waals surface area contributed by atoms with E-state index in [1.54, 1.807) is 14.2 Å². The van der Waals surface area contributed by atoms with Crippen molar-refractivity contribution in [2.75, 3.05) is 20.0 Å². The number of hydrogen-bond acceptors (Lipinski definition) is 5. The van der Waals surface area contributed by atoms with Crippen molar-refractivity contribution in [1.82, 2.24) is 5.16 Å². The Kier molecular flexibility index (Phi) is 3.61. The lowest BCUT2D eigenvalue weighted by atomic mass is 9.87. The number of nitrogens with zero attached hydrogens (tertiary/aromatic N) is 1. The van der Waals surface area contributed by atoms with Crippen LogP contribution in [0.3, 0.4) is 0 Å². The predicted molar refractivity (Wildman–Crippen MR) is 78.2 cm³/mol. The van der Waals surface area contributed by atoms with E-state index in [1.165, 1.54) is 0 Å². The minimum absolute atomic E-state index is 0.163. The highest BCUT2D eigenvalue weighted by atomic mass is 16.5. The van der Waals surface area contributed by atoms with Gasteiger partial charge in [0, 0.05) is 5.41 Å². The number of anilines is 1. The van der Waals surface area contributed by atoms with Gasteiger partial charge in [0.15, 0.2) is 11.5 Å². The van der Waals surface area contributed by atoms with Crippen LogP contribution in [0.25, 0.3) is 11.1 Å². The van der Waals surface area contributed by atoms with E-state index in [1.807, 2.05) is 18.2 Å². The number of nitrogen functional groups attached to an aromatic ring is 1. The van der Waals surface area contributed by atoms with Crippen molar-refractivity contribution < 1.29 is 14.0 Å². The van der Waals surface area contributed by atoms with Crippen LogP contribution >= 0.6 is 0 Å². The summed E-state index contributed by atoms with van der Waals surface area (Å²) >= 11 is 0. The molecule has 0 radical (unpaired) electrons. The molecule has 1 heterocycles. The fourth-order valence-corrected chi connectivity index (χ4v) is 2.09. The van der Waals surface area contributed by atoms with Gasteiger partial charge in [-0.2, -0.15) is 0 Å². The van der Waals surface area contributed by atoms with Gasteiger partial charge in [-0.15, -0.1) is 0 Å². The van der Waals surface area contributed by atoms with Crippen molar-refractivity contribution in [2.24, 2.45) is 0 Å². The summed E-state index contributed by atoms with van der Waals surface area (Å²) in [6.45, 7) is 6.19. The minimum atomic E-state index is -0.163. The van der Waals surface area contributed by atoms with Crippen LogP contribution in [-0.4, -0.2) is 19.4 Å². The highest BCUT2D eigenvalue weighted by molar-refractivity contribution is 5.77. The molecule has 5 nitrogen and oxygen atoms in total. The van der Waals surface area contributed by atoms with Crippen LogP contribution in [0.15, 0.2) is 22.7 Å². The van der Waals surface area contributed by atoms with Gasteiger partial charge in [-0.05, 0) is 17.7 Å². The maximum absolute atomic E-state index is 5.93. The first-order chi connectivity index (χ1) is 9.38. The van der Waals surface area contributed by atoms with Gasteiger partial charge in [-0.25, -0.2) is 0 Å². The molecule has 0 spiro atoms. The summed E-state index contributed by atoms with van der Waals surface area (Å²) in [5.74, 6) is 1.62. The Morgan fingerprint density at radius 2 is 1.75 bits per heavy atom. The maximum Gasteiger partial charge on any atom is 0.230 e.